The minimum absolute atomic E-state index is 0.217. The molecule has 1 atom stereocenters. The van der Waals surface area contributed by atoms with Gasteiger partial charge in [0.15, 0.2) is 0 Å². The van der Waals surface area contributed by atoms with Gasteiger partial charge in [-0.25, -0.2) is 0 Å². The number of carboxylic acid groups (broad SMARTS) is 1. The van der Waals surface area contributed by atoms with Crippen molar-refractivity contribution >= 4 is 11.7 Å². The number of nitrogens with one attached hydrogen (secondary N) is 1. The lowest BCUT2D eigenvalue weighted by molar-refractivity contribution is -0.137. The highest BCUT2D eigenvalue weighted by Crippen LogP contribution is 2.20. The molecule has 0 spiro atoms. The monoisotopic (exact) mass is 260 g/mol. The lowest BCUT2D eigenvalue weighted by Crippen LogP contribution is -2.10. The summed E-state index contributed by atoms with van der Waals surface area (Å²) in [6.45, 7) is 4.77. The summed E-state index contributed by atoms with van der Waals surface area (Å²) >= 11 is 0. The average molecular weight is 260 g/mol. The van der Waals surface area contributed by atoms with Crippen LogP contribution < -0.4 is 5.32 Å². The number of aryl methyl sites for hydroxylation is 1. The summed E-state index contributed by atoms with van der Waals surface area (Å²) in [5.41, 5.74) is 2.59. The highest BCUT2D eigenvalue weighted by atomic mass is 16.4. The van der Waals surface area contributed by atoms with Crippen molar-refractivity contribution in [2.24, 2.45) is 5.92 Å². The second-order valence-electron chi connectivity index (χ2n) is 4.86. The number of hydrogen-bond donors (Lipinski definition) is 2. The van der Waals surface area contributed by atoms with Crippen LogP contribution in [0.4, 0.5) is 5.69 Å². The highest BCUT2D eigenvalue weighted by Gasteiger charge is 2.07. The van der Waals surface area contributed by atoms with E-state index in [1.54, 1.807) is 6.07 Å². The number of nitriles is 1. The Morgan fingerprint density at radius 2 is 2.21 bits per heavy atom. The van der Waals surface area contributed by atoms with E-state index in [4.69, 9.17) is 10.4 Å². The van der Waals surface area contributed by atoms with Gasteiger partial charge in [-0.2, -0.15) is 5.26 Å². The van der Waals surface area contributed by atoms with Gasteiger partial charge in [0.2, 0.25) is 0 Å². The maximum atomic E-state index is 10.5. The lowest BCUT2D eigenvalue weighted by atomic mass is 10.0. The first-order valence-corrected chi connectivity index (χ1v) is 6.50. The summed E-state index contributed by atoms with van der Waals surface area (Å²) < 4.78 is 0. The number of carbonyl (C=O) groups is 1. The van der Waals surface area contributed by atoms with Gasteiger partial charge in [-0.15, -0.1) is 0 Å². The Labute approximate surface area is 114 Å². The Bertz CT molecular complexity index is 478. The number of benzene rings is 1. The number of aliphatic carboxylic acids is 1. The van der Waals surface area contributed by atoms with E-state index in [9.17, 15) is 4.79 Å². The van der Waals surface area contributed by atoms with Crippen molar-refractivity contribution in [3.05, 3.63) is 29.3 Å². The molecule has 4 nitrogen and oxygen atoms in total. The quantitative estimate of drug-likeness (QED) is 0.789. The van der Waals surface area contributed by atoms with Crippen molar-refractivity contribution in [3.8, 4) is 6.07 Å². The van der Waals surface area contributed by atoms with E-state index in [2.05, 4.69) is 11.4 Å². The zero-order chi connectivity index (χ0) is 14.3. The number of rotatable bonds is 7. The predicted molar refractivity (Wildman–Crippen MR) is 75.0 cm³/mol. The van der Waals surface area contributed by atoms with Gasteiger partial charge in [0.25, 0.3) is 0 Å². The van der Waals surface area contributed by atoms with E-state index in [1.807, 2.05) is 26.0 Å². The third kappa shape index (κ3) is 5.01. The molecule has 4 heteroatoms. The molecule has 1 unspecified atom stereocenters. The molecule has 2 N–H and O–H groups in total. The third-order valence-electron chi connectivity index (χ3n) is 3.18. The summed E-state index contributed by atoms with van der Waals surface area (Å²) in [5.74, 6) is -0.386. The van der Waals surface area contributed by atoms with E-state index < -0.39 is 5.97 Å². The molecule has 0 saturated heterocycles. The van der Waals surface area contributed by atoms with Gasteiger partial charge in [-0.1, -0.05) is 19.1 Å². The Hall–Kier alpha value is -2.02. The van der Waals surface area contributed by atoms with Gasteiger partial charge in [0.05, 0.1) is 11.3 Å². The summed E-state index contributed by atoms with van der Waals surface area (Å²) in [6, 6.07) is 7.81. The van der Waals surface area contributed by atoms with E-state index in [0.29, 0.717) is 17.9 Å². The molecular weight excluding hydrogens is 240 g/mol. The van der Waals surface area contributed by atoms with E-state index in [0.717, 1.165) is 24.2 Å². The normalized spacial score (nSPS) is 11.6. The number of hydrogen-bond acceptors (Lipinski definition) is 3. The van der Waals surface area contributed by atoms with Gasteiger partial charge >= 0.3 is 5.97 Å². The van der Waals surface area contributed by atoms with Crippen LogP contribution in [-0.2, 0) is 4.79 Å². The summed E-state index contributed by atoms with van der Waals surface area (Å²) in [7, 11) is 0. The van der Waals surface area contributed by atoms with Crippen LogP contribution >= 0.6 is 0 Å². The highest BCUT2D eigenvalue weighted by molar-refractivity contribution is 5.66. The van der Waals surface area contributed by atoms with Crippen molar-refractivity contribution in [1.82, 2.24) is 0 Å². The van der Waals surface area contributed by atoms with Crippen LogP contribution in [0.5, 0.6) is 0 Å². The minimum atomic E-state index is -0.745. The summed E-state index contributed by atoms with van der Waals surface area (Å²) in [4.78, 5) is 10.5. The van der Waals surface area contributed by atoms with Crippen LogP contribution in [0.2, 0.25) is 0 Å². The van der Waals surface area contributed by atoms with Crippen LogP contribution in [0.25, 0.3) is 0 Å². The molecule has 0 aliphatic rings. The molecule has 0 heterocycles. The first-order valence-electron chi connectivity index (χ1n) is 6.50. The molecular formula is C15H20N2O2. The topological polar surface area (TPSA) is 73.1 Å². The Balaban J connectivity index is 2.45. The second kappa shape index (κ2) is 7.42. The SMILES string of the molecule is Cc1cccc(C#N)c1NCCC(C)CCC(=O)O. The molecule has 0 aliphatic heterocycles. The van der Waals surface area contributed by atoms with Gasteiger partial charge in [-0.05, 0) is 37.3 Å². The summed E-state index contributed by atoms with van der Waals surface area (Å²) in [5, 5.41) is 20.9. The Morgan fingerprint density at radius 1 is 1.47 bits per heavy atom. The minimum Gasteiger partial charge on any atom is -0.481 e. The van der Waals surface area contributed by atoms with Crippen LogP contribution in [0, 0.1) is 24.2 Å². The van der Waals surface area contributed by atoms with E-state index in [-0.39, 0.29) is 6.42 Å². The number of para-hydroxylation sites is 1. The fraction of sp³-hybridized carbons (Fsp3) is 0.467. The average Bonchev–Trinajstić information content (AvgIpc) is 2.38. The van der Waals surface area contributed by atoms with Crippen molar-refractivity contribution in [2.75, 3.05) is 11.9 Å². The molecule has 0 amide bonds. The molecule has 19 heavy (non-hydrogen) atoms. The van der Waals surface area contributed by atoms with Gasteiger partial charge < -0.3 is 10.4 Å². The van der Waals surface area contributed by atoms with Crippen LogP contribution in [-0.4, -0.2) is 17.6 Å². The zero-order valence-electron chi connectivity index (χ0n) is 11.4. The van der Waals surface area contributed by atoms with Crippen LogP contribution in [0.15, 0.2) is 18.2 Å². The van der Waals surface area contributed by atoms with Crippen molar-refractivity contribution in [3.63, 3.8) is 0 Å². The lowest BCUT2D eigenvalue weighted by Gasteiger charge is -2.14. The van der Waals surface area contributed by atoms with Gasteiger partial charge in [0, 0.05) is 13.0 Å². The smallest absolute Gasteiger partial charge is 0.303 e. The largest absolute Gasteiger partial charge is 0.481 e. The standard InChI is InChI=1S/C15H20N2O2/c1-11(6-7-14(18)19)8-9-17-15-12(2)4-3-5-13(15)10-16/h3-5,11,17H,6-9H2,1-2H3,(H,18,19). The molecule has 0 radical (unpaired) electrons. The molecule has 1 aromatic carbocycles. The Morgan fingerprint density at radius 3 is 2.84 bits per heavy atom. The third-order valence-corrected chi connectivity index (χ3v) is 3.18. The first-order chi connectivity index (χ1) is 9.04. The molecule has 0 fully saturated rings. The molecule has 0 saturated carbocycles. The number of anilines is 1. The predicted octanol–water partition coefficient (Wildman–Crippen LogP) is 3.17. The zero-order valence-corrected chi connectivity index (χ0v) is 11.4. The fourth-order valence-electron chi connectivity index (χ4n) is 1.95. The maximum Gasteiger partial charge on any atom is 0.303 e. The van der Waals surface area contributed by atoms with Crippen LogP contribution in [0.1, 0.15) is 37.3 Å². The van der Waals surface area contributed by atoms with Crippen molar-refractivity contribution in [1.29, 1.82) is 5.26 Å². The molecule has 1 aromatic rings. The number of carboxylic acids is 1. The molecule has 1 rings (SSSR count). The van der Waals surface area contributed by atoms with Crippen LogP contribution in [0.3, 0.4) is 0 Å². The Kier molecular flexibility index (Phi) is 5.87. The van der Waals surface area contributed by atoms with Crippen molar-refractivity contribution < 1.29 is 9.90 Å². The summed E-state index contributed by atoms with van der Waals surface area (Å²) in [6.07, 6.45) is 1.80. The first kappa shape index (κ1) is 15.0. The van der Waals surface area contributed by atoms with E-state index >= 15 is 0 Å². The molecule has 0 aliphatic carbocycles. The molecule has 0 bridgehead atoms. The number of nitrogens with zero attached hydrogens (tertiary/aromatic N) is 1. The van der Waals surface area contributed by atoms with Gasteiger partial charge in [0.1, 0.15) is 6.07 Å². The molecule has 102 valence electrons. The maximum absolute atomic E-state index is 10.5. The van der Waals surface area contributed by atoms with Gasteiger partial charge in [-0.3, -0.25) is 4.79 Å². The second-order valence-corrected chi connectivity index (χ2v) is 4.86. The van der Waals surface area contributed by atoms with Crippen molar-refractivity contribution in [2.45, 2.75) is 33.1 Å². The fourth-order valence-corrected chi connectivity index (χ4v) is 1.95. The molecule has 0 aromatic heterocycles. The van der Waals surface area contributed by atoms with E-state index in [1.165, 1.54) is 0 Å².